The smallest absolute Gasteiger partial charge is 0.352 e. The van der Waals surface area contributed by atoms with E-state index < -0.39 is 12.1 Å². The van der Waals surface area contributed by atoms with E-state index in [0.717, 1.165) is 40.2 Å². The molecule has 3 atom stereocenters. The van der Waals surface area contributed by atoms with E-state index in [0.29, 0.717) is 32.2 Å². The van der Waals surface area contributed by atoms with Crippen molar-refractivity contribution in [3.05, 3.63) is 59.7 Å². The molecule has 3 aromatic rings. The summed E-state index contributed by atoms with van der Waals surface area (Å²) in [4.78, 5) is 54.9. The molecule has 2 aromatic carbocycles. The predicted molar refractivity (Wildman–Crippen MR) is 164 cm³/mol. The maximum atomic E-state index is 13.4. The van der Waals surface area contributed by atoms with Crippen molar-refractivity contribution in [1.29, 1.82) is 0 Å². The molecule has 2 heterocycles. The van der Waals surface area contributed by atoms with Crippen molar-refractivity contribution < 1.29 is 24.0 Å². The zero-order valence-electron chi connectivity index (χ0n) is 24.3. The van der Waals surface area contributed by atoms with Crippen LogP contribution < -0.4 is 21.7 Å². The summed E-state index contributed by atoms with van der Waals surface area (Å²) in [7, 11) is 2.06. The molecule has 0 fully saturated rings. The van der Waals surface area contributed by atoms with E-state index in [-0.39, 0.29) is 42.3 Å². The largest absolute Gasteiger partial charge is 0.373 e. The zero-order chi connectivity index (χ0) is 29.9. The van der Waals surface area contributed by atoms with Gasteiger partial charge in [0.25, 0.3) is 0 Å². The second-order valence-electron chi connectivity index (χ2n) is 10.5. The number of rotatable bonds is 5. The monoisotopic (exact) mass is 597 g/mol. The first-order valence-corrected chi connectivity index (χ1v) is 13.9. The van der Waals surface area contributed by atoms with Gasteiger partial charge in [0.05, 0.1) is 0 Å². The van der Waals surface area contributed by atoms with Gasteiger partial charge in [-0.2, -0.15) is 9.59 Å². The fraction of sp³-hybridized carbons (Fsp3) is 0.419. The van der Waals surface area contributed by atoms with E-state index in [1.807, 2.05) is 13.0 Å². The van der Waals surface area contributed by atoms with Crippen LogP contribution in [0.5, 0.6) is 0 Å². The Balaban J connectivity index is 0.00000148. The molecule has 0 aliphatic carbocycles. The summed E-state index contributed by atoms with van der Waals surface area (Å²) >= 11 is 0. The Morgan fingerprint density at radius 3 is 2.24 bits per heavy atom. The maximum absolute atomic E-state index is 13.4. The number of nitrogens with two attached hydrogens (primary N) is 1. The summed E-state index contributed by atoms with van der Waals surface area (Å²) in [5.74, 6) is -0.894. The lowest BCUT2D eigenvalue weighted by Crippen LogP contribution is -2.55. The van der Waals surface area contributed by atoms with Crippen LogP contribution in [-0.2, 0) is 43.9 Å². The Bertz CT molecular complexity index is 1460. The first kappa shape index (κ1) is 34.2. The topological polar surface area (TPSA) is 152 Å². The van der Waals surface area contributed by atoms with Crippen LogP contribution in [0.1, 0.15) is 50.7 Å². The number of nitrogens with zero attached hydrogens (tertiary/aromatic N) is 1. The summed E-state index contributed by atoms with van der Waals surface area (Å²) in [5, 5.41) is 11.0. The van der Waals surface area contributed by atoms with Gasteiger partial charge in [-0.15, -0.1) is 12.4 Å². The van der Waals surface area contributed by atoms with E-state index in [1.54, 1.807) is 0 Å². The van der Waals surface area contributed by atoms with Crippen molar-refractivity contribution in [2.75, 3.05) is 6.54 Å². The minimum atomic E-state index is -0.806. The van der Waals surface area contributed by atoms with Gasteiger partial charge in [-0.25, -0.2) is 0 Å². The number of carbonyl (C=O) groups excluding carboxylic acids is 5. The number of allylic oxidation sites excluding steroid dienone is 1. The van der Waals surface area contributed by atoms with Crippen LogP contribution in [0, 0.1) is 0 Å². The second kappa shape index (κ2) is 16.5. The number of unbranched alkanes of at least 4 members (excludes halogenated alkanes) is 1. The van der Waals surface area contributed by atoms with Gasteiger partial charge in [-0.05, 0) is 81.0 Å². The van der Waals surface area contributed by atoms with E-state index in [4.69, 9.17) is 15.3 Å². The molecule has 4 bridgehead atoms. The average Bonchev–Trinajstić information content (AvgIpc) is 3.20. The highest BCUT2D eigenvalue weighted by Gasteiger charge is 2.27. The number of hydrogen-bond donors (Lipinski definition) is 4. The Morgan fingerprint density at radius 2 is 1.62 bits per heavy atom. The minimum absolute atomic E-state index is 0. The van der Waals surface area contributed by atoms with E-state index in [9.17, 15) is 14.4 Å². The average molecular weight is 598 g/mol. The molecular weight excluding hydrogens is 558 g/mol. The Hall–Kier alpha value is -3.98. The number of aryl methyl sites for hydroxylation is 1. The third-order valence-electron chi connectivity index (χ3n) is 7.25. The molecular formula is C31H40ClN5O5. The molecule has 226 valence electrons. The van der Waals surface area contributed by atoms with Crippen molar-refractivity contribution in [3.8, 4) is 0 Å². The van der Waals surface area contributed by atoms with E-state index in [2.05, 4.69) is 70.0 Å². The highest BCUT2D eigenvalue weighted by molar-refractivity contribution is 6.08. The Kier molecular flexibility index (Phi) is 13.4. The van der Waals surface area contributed by atoms with Crippen LogP contribution in [0.3, 0.4) is 0 Å². The van der Waals surface area contributed by atoms with Gasteiger partial charge in [-0.1, -0.05) is 24.3 Å². The molecule has 4 rings (SSSR count). The highest BCUT2D eigenvalue weighted by atomic mass is 35.5. The van der Waals surface area contributed by atoms with Crippen LogP contribution in [0.15, 0.2) is 48.6 Å². The Morgan fingerprint density at radius 1 is 1.00 bits per heavy atom. The molecule has 0 radical (unpaired) electrons. The molecule has 0 saturated heterocycles. The third-order valence-corrected chi connectivity index (χ3v) is 7.25. The lowest BCUT2D eigenvalue weighted by Gasteiger charge is -2.24. The number of hydrogen-bond acceptors (Lipinski definition) is 6. The van der Waals surface area contributed by atoms with Crippen LogP contribution in [0.4, 0.5) is 0 Å². The molecule has 10 nitrogen and oxygen atoms in total. The van der Waals surface area contributed by atoms with Gasteiger partial charge in [-0.3, -0.25) is 14.4 Å². The standard InChI is InChI=1S/C30H39N5O3.CO2.ClH/c1-19-8-4-5-9-21-11-13-27-23(16-21)24-17-22(12-14-28(24)35(27)3)18-26(33-20(2)36)30(38)34-25(29(37)32-19)10-6-7-15-31;2-1-3;/h4-5,11-14,16-17,19,25-26H,6-10,15,18,31H2,1-3H3,(H,32,37)(H,33,36)(H,34,38);;1H/t19-,25+,26?;;/m1../s1. The lowest BCUT2D eigenvalue weighted by molar-refractivity contribution is -0.191. The normalized spacial score (nSPS) is 19.2. The van der Waals surface area contributed by atoms with Crippen LogP contribution in [0.25, 0.3) is 21.8 Å². The van der Waals surface area contributed by atoms with Crippen LogP contribution in [0.2, 0.25) is 0 Å². The van der Waals surface area contributed by atoms with Crippen molar-refractivity contribution in [1.82, 2.24) is 20.5 Å². The van der Waals surface area contributed by atoms with Crippen molar-refractivity contribution >= 4 is 58.1 Å². The lowest BCUT2D eigenvalue weighted by atomic mass is 10.0. The highest BCUT2D eigenvalue weighted by Crippen LogP contribution is 2.30. The summed E-state index contributed by atoms with van der Waals surface area (Å²) in [6, 6.07) is 11.1. The van der Waals surface area contributed by atoms with Crippen LogP contribution >= 0.6 is 12.4 Å². The van der Waals surface area contributed by atoms with Crippen molar-refractivity contribution in [2.45, 2.75) is 70.5 Å². The Labute approximate surface area is 251 Å². The molecule has 11 heteroatoms. The van der Waals surface area contributed by atoms with Gasteiger partial charge in [0, 0.05) is 48.2 Å². The fourth-order valence-corrected chi connectivity index (χ4v) is 5.21. The number of carbonyl (C=O) groups is 3. The summed E-state index contributed by atoms with van der Waals surface area (Å²) < 4.78 is 2.18. The van der Waals surface area contributed by atoms with Crippen LogP contribution in [-0.4, -0.2) is 53.1 Å². The molecule has 3 amide bonds. The molecule has 0 spiro atoms. The molecule has 1 unspecified atom stereocenters. The van der Waals surface area contributed by atoms with Gasteiger partial charge in [0.1, 0.15) is 12.1 Å². The number of amides is 3. The SMILES string of the molecule is CC(=O)NC1Cc2ccc3c(c2)c2cc(ccc2n3C)CC=CC[C@@H](C)NC(=O)[C@H](CCCCN)NC1=O.Cl.O=C=O. The first-order chi connectivity index (χ1) is 19.7. The maximum Gasteiger partial charge on any atom is 0.373 e. The molecule has 42 heavy (non-hydrogen) atoms. The quantitative estimate of drug-likeness (QED) is 0.262. The zero-order valence-corrected chi connectivity index (χ0v) is 25.1. The fourth-order valence-electron chi connectivity index (χ4n) is 5.21. The van der Waals surface area contributed by atoms with E-state index >= 15 is 0 Å². The number of halogens is 1. The number of aromatic nitrogens is 1. The van der Waals surface area contributed by atoms with Gasteiger partial charge < -0.3 is 26.3 Å². The second-order valence-corrected chi connectivity index (χ2v) is 10.5. The molecule has 5 N–H and O–H groups in total. The third kappa shape index (κ3) is 9.01. The number of nitrogens with one attached hydrogen (secondary N) is 3. The van der Waals surface area contributed by atoms with E-state index in [1.165, 1.54) is 12.5 Å². The summed E-state index contributed by atoms with van der Waals surface area (Å²) in [5.41, 5.74) is 10.1. The van der Waals surface area contributed by atoms with Gasteiger partial charge in [0.15, 0.2) is 0 Å². The van der Waals surface area contributed by atoms with Crippen molar-refractivity contribution in [3.63, 3.8) is 0 Å². The van der Waals surface area contributed by atoms with Crippen molar-refractivity contribution in [2.24, 2.45) is 12.8 Å². The minimum Gasteiger partial charge on any atom is -0.352 e. The predicted octanol–water partition coefficient (Wildman–Crippen LogP) is 2.84. The summed E-state index contributed by atoms with van der Waals surface area (Å²) in [6.45, 7) is 3.88. The molecule has 1 aliphatic heterocycles. The molecule has 1 aromatic heterocycles. The van der Waals surface area contributed by atoms with Gasteiger partial charge in [0.2, 0.25) is 17.7 Å². The summed E-state index contributed by atoms with van der Waals surface area (Å²) in [6.07, 6.45) is 8.24. The van der Waals surface area contributed by atoms with Gasteiger partial charge >= 0.3 is 6.15 Å². The first-order valence-electron chi connectivity index (χ1n) is 13.9. The number of fused-ring (bicyclic) bond motifs is 2. The molecule has 1 aliphatic rings. The molecule has 0 saturated carbocycles. The number of benzene rings is 2.